The molecule has 3 rings (SSSR count). The van der Waals surface area contributed by atoms with Crippen molar-refractivity contribution in [3.05, 3.63) is 92.2 Å². The normalized spacial score (nSPS) is 10.9. The molecule has 0 spiro atoms. The number of rotatable bonds is 5. The van der Waals surface area contributed by atoms with E-state index in [0.717, 1.165) is 11.1 Å². The maximum absolute atomic E-state index is 10.7. The van der Waals surface area contributed by atoms with Gasteiger partial charge in [-0.1, -0.05) is 6.08 Å². The molecule has 25 heavy (non-hydrogen) atoms. The smallest absolute Gasteiger partial charge is 0.269 e. The zero-order chi connectivity index (χ0) is 17.8. The van der Waals surface area contributed by atoms with E-state index in [1.165, 1.54) is 24.3 Å². The molecule has 0 bridgehead atoms. The van der Waals surface area contributed by atoms with Crippen molar-refractivity contribution in [2.24, 2.45) is 0 Å². The molecule has 0 N–H and O–H groups in total. The Morgan fingerprint density at radius 2 is 1.28 bits per heavy atom. The minimum absolute atomic E-state index is 0.0218. The van der Waals surface area contributed by atoms with Crippen LogP contribution in [0.25, 0.3) is 23.5 Å². The topological polar surface area (TPSA) is 99.4 Å². The molecule has 0 aliphatic carbocycles. The fourth-order valence-electron chi connectivity index (χ4n) is 2.23. The molecule has 0 radical (unpaired) electrons. The number of nitrogens with zero attached hydrogens (tertiary/aromatic N) is 2. The summed E-state index contributed by atoms with van der Waals surface area (Å²) in [5.74, 6) is 1.20. The first-order chi connectivity index (χ1) is 12.0. The number of non-ortho nitro benzene ring substituents is 2. The van der Waals surface area contributed by atoms with E-state index >= 15 is 0 Å². The van der Waals surface area contributed by atoms with Crippen LogP contribution >= 0.6 is 0 Å². The first kappa shape index (κ1) is 16.1. The lowest BCUT2D eigenvalue weighted by molar-refractivity contribution is -0.385. The molecule has 3 aromatic rings. The molecule has 0 unspecified atom stereocenters. The predicted molar refractivity (Wildman–Crippen MR) is 92.8 cm³/mol. The van der Waals surface area contributed by atoms with Crippen molar-refractivity contribution in [3.8, 4) is 11.3 Å². The molecule has 7 heteroatoms. The van der Waals surface area contributed by atoms with Gasteiger partial charge in [-0.2, -0.15) is 0 Å². The van der Waals surface area contributed by atoms with E-state index in [1.54, 1.807) is 48.6 Å². The van der Waals surface area contributed by atoms with Crippen LogP contribution in [0.15, 0.2) is 65.1 Å². The van der Waals surface area contributed by atoms with Gasteiger partial charge in [-0.25, -0.2) is 0 Å². The van der Waals surface area contributed by atoms with Gasteiger partial charge in [-0.15, -0.1) is 0 Å². The van der Waals surface area contributed by atoms with Gasteiger partial charge < -0.3 is 4.42 Å². The van der Waals surface area contributed by atoms with Crippen molar-refractivity contribution in [3.63, 3.8) is 0 Å². The van der Waals surface area contributed by atoms with Crippen LogP contribution in [0.4, 0.5) is 11.4 Å². The van der Waals surface area contributed by atoms with Crippen LogP contribution in [0.2, 0.25) is 0 Å². The molecule has 0 saturated carbocycles. The second-order valence-corrected chi connectivity index (χ2v) is 5.19. The molecule has 7 nitrogen and oxygen atoms in total. The average Bonchev–Trinajstić information content (AvgIpc) is 3.09. The summed E-state index contributed by atoms with van der Waals surface area (Å²) in [6.07, 6.45) is 3.53. The van der Waals surface area contributed by atoms with Crippen LogP contribution in [-0.2, 0) is 0 Å². The average molecular weight is 336 g/mol. The fraction of sp³-hybridized carbons (Fsp3) is 0. The third-order valence-electron chi connectivity index (χ3n) is 3.53. The van der Waals surface area contributed by atoms with E-state index in [1.807, 2.05) is 0 Å². The van der Waals surface area contributed by atoms with Gasteiger partial charge in [0.2, 0.25) is 0 Å². The number of hydrogen-bond donors (Lipinski definition) is 0. The van der Waals surface area contributed by atoms with Gasteiger partial charge in [0.1, 0.15) is 11.5 Å². The summed E-state index contributed by atoms with van der Waals surface area (Å²) in [6.45, 7) is 0. The van der Waals surface area contributed by atoms with Crippen LogP contribution in [0.3, 0.4) is 0 Å². The van der Waals surface area contributed by atoms with Gasteiger partial charge in [0.15, 0.2) is 0 Å². The van der Waals surface area contributed by atoms with E-state index in [4.69, 9.17) is 4.42 Å². The van der Waals surface area contributed by atoms with Gasteiger partial charge >= 0.3 is 0 Å². The third-order valence-corrected chi connectivity index (χ3v) is 3.53. The summed E-state index contributed by atoms with van der Waals surface area (Å²) in [5.41, 5.74) is 1.60. The molecule has 2 aromatic carbocycles. The van der Waals surface area contributed by atoms with E-state index in [9.17, 15) is 20.2 Å². The van der Waals surface area contributed by atoms with Gasteiger partial charge in [0.25, 0.3) is 11.4 Å². The monoisotopic (exact) mass is 336 g/mol. The Hall–Kier alpha value is -3.74. The Labute approximate surface area is 142 Å². The predicted octanol–water partition coefficient (Wildman–Crippen LogP) is 4.93. The first-order valence-corrected chi connectivity index (χ1v) is 7.30. The summed E-state index contributed by atoms with van der Waals surface area (Å²) in [7, 11) is 0. The minimum atomic E-state index is -0.454. The molecule has 0 amide bonds. The van der Waals surface area contributed by atoms with Crippen molar-refractivity contribution in [1.29, 1.82) is 0 Å². The lowest BCUT2D eigenvalue weighted by Gasteiger charge is -1.96. The standard InChI is InChI=1S/C18H12N2O5/c21-19(22)15-6-1-13(2-7-15)3-10-17-11-12-18(25-17)14-4-8-16(9-5-14)20(23)24/h1-12H. The summed E-state index contributed by atoms with van der Waals surface area (Å²) in [6, 6.07) is 15.8. The summed E-state index contributed by atoms with van der Waals surface area (Å²) < 4.78 is 5.69. The Bertz CT molecular complexity index is 940. The zero-order valence-corrected chi connectivity index (χ0v) is 12.9. The van der Waals surface area contributed by atoms with Crippen molar-refractivity contribution < 1.29 is 14.3 Å². The van der Waals surface area contributed by atoms with Gasteiger partial charge in [-0.3, -0.25) is 20.2 Å². The second kappa shape index (κ2) is 6.79. The Kier molecular flexibility index (Phi) is 4.38. The van der Waals surface area contributed by atoms with E-state index < -0.39 is 9.85 Å². The maximum atomic E-state index is 10.7. The fourth-order valence-corrected chi connectivity index (χ4v) is 2.23. The van der Waals surface area contributed by atoms with Crippen LogP contribution in [-0.4, -0.2) is 9.85 Å². The van der Waals surface area contributed by atoms with Crippen molar-refractivity contribution in [2.75, 3.05) is 0 Å². The van der Waals surface area contributed by atoms with Crippen molar-refractivity contribution >= 4 is 23.5 Å². The van der Waals surface area contributed by atoms with Crippen LogP contribution in [0, 0.1) is 20.2 Å². The SMILES string of the molecule is O=[N+]([O-])c1ccc(C=Cc2ccc(-c3ccc([N+](=O)[O-])cc3)o2)cc1. The number of furan rings is 1. The van der Waals surface area contributed by atoms with Crippen molar-refractivity contribution in [2.45, 2.75) is 0 Å². The number of nitro groups is 2. The molecule has 0 aliphatic heterocycles. The summed E-state index contributed by atoms with van der Waals surface area (Å²) in [5, 5.41) is 21.3. The quantitative estimate of drug-likeness (QED) is 0.485. The second-order valence-electron chi connectivity index (χ2n) is 5.19. The third kappa shape index (κ3) is 3.78. The molecule has 0 saturated heterocycles. The van der Waals surface area contributed by atoms with Gasteiger partial charge in [0.05, 0.1) is 9.85 Å². The molecule has 124 valence electrons. The molecule has 0 atom stereocenters. The summed E-state index contributed by atoms with van der Waals surface area (Å²) in [4.78, 5) is 20.4. The highest BCUT2D eigenvalue weighted by Gasteiger charge is 2.08. The molecular weight excluding hydrogens is 324 g/mol. The van der Waals surface area contributed by atoms with Gasteiger partial charge in [-0.05, 0) is 48.0 Å². The highest BCUT2D eigenvalue weighted by atomic mass is 16.6. The zero-order valence-electron chi connectivity index (χ0n) is 12.9. The lowest BCUT2D eigenvalue weighted by atomic mass is 10.1. The van der Waals surface area contributed by atoms with Crippen LogP contribution in [0.1, 0.15) is 11.3 Å². The molecule has 1 aromatic heterocycles. The number of hydrogen-bond acceptors (Lipinski definition) is 5. The van der Waals surface area contributed by atoms with Crippen molar-refractivity contribution in [1.82, 2.24) is 0 Å². The number of benzene rings is 2. The summed E-state index contributed by atoms with van der Waals surface area (Å²) >= 11 is 0. The Balaban J connectivity index is 1.74. The Morgan fingerprint density at radius 1 is 0.720 bits per heavy atom. The van der Waals surface area contributed by atoms with E-state index in [2.05, 4.69) is 0 Å². The van der Waals surface area contributed by atoms with Crippen LogP contribution in [0.5, 0.6) is 0 Å². The number of nitro benzene ring substituents is 2. The lowest BCUT2D eigenvalue weighted by Crippen LogP contribution is -1.86. The van der Waals surface area contributed by atoms with E-state index in [-0.39, 0.29) is 11.4 Å². The van der Waals surface area contributed by atoms with Crippen LogP contribution < -0.4 is 0 Å². The highest BCUT2D eigenvalue weighted by Crippen LogP contribution is 2.25. The molecule has 1 heterocycles. The molecule has 0 fully saturated rings. The minimum Gasteiger partial charge on any atom is -0.457 e. The van der Waals surface area contributed by atoms with E-state index in [0.29, 0.717) is 11.5 Å². The largest absolute Gasteiger partial charge is 0.457 e. The highest BCUT2D eigenvalue weighted by molar-refractivity contribution is 5.69. The maximum Gasteiger partial charge on any atom is 0.269 e. The molecule has 0 aliphatic rings. The Morgan fingerprint density at radius 3 is 1.84 bits per heavy atom. The molecular formula is C18H12N2O5. The first-order valence-electron chi connectivity index (χ1n) is 7.30. The van der Waals surface area contributed by atoms with Gasteiger partial charge in [0, 0.05) is 29.8 Å².